The van der Waals surface area contributed by atoms with Crippen LogP contribution >= 0.6 is 0 Å². The van der Waals surface area contributed by atoms with Gasteiger partial charge in [0, 0.05) is 50.9 Å². The molecule has 11 rings (SSSR count). The van der Waals surface area contributed by atoms with Gasteiger partial charge in [-0.1, -0.05) is 146 Å². The smallest absolute Gasteiger partial charge is 0.162 e. The Balaban J connectivity index is 1.23. The third-order valence-electron chi connectivity index (χ3n) is 11.1. The van der Waals surface area contributed by atoms with Crippen molar-refractivity contribution in [3.05, 3.63) is 193 Å². The summed E-state index contributed by atoms with van der Waals surface area (Å²) in [7, 11) is 0. The zero-order valence-corrected chi connectivity index (χ0v) is 30.6. The normalized spacial score (nSPS) is 12.4. The minimum atomic E-state index is 0.682. The van der Waals surface area contributed by atoms with E-state index in [0.717, 1.165) is 102 Å². The summed E-state index contributed by atoms with van der Waals surface area (Å²) < 4.78 is 8.64. The Morgan fingerprint density at radius 2 is 1.11 bits per heavy atom. The first-order valence-electron chi connectivity index (χ1n) is 19.2. The molecule has 0 radical (unpaired) electrons. The van der Waals surface area contributed by atoms with Crippen molar-refractivity contribution < 1.29 is 4.42 Å². The fourth-order valence-electron chi connectivity index (χ4n) is 8.35. The molecule has 0 saturated carbocycles. The summed E-state index contributed by atoms with van der Waals surface area (Å²) in [5.74, 6) is 2.57. The third kappa shape index (κ3) is 5.46. The van der Waals surface area contributed by atoms with Crippen molar-refractivity contribution >= 4 is 38.9 Å². The van der Waals surface area contributed by atoms with E-state index >= 15 is 0 Å². The number of fused-ring (bicyclic) bond motifs is 6. The molecular formula is C52H35N3O. The average molecular weight is 718 g/mol. The van der Waals surface area contributed by atoms with Gasteiger partial charge in [-0.3, -0.25) is 4.57 Å². The van der Waals surface area contributed by atoms with E-state index in [1.165, 1.54) is 11.1 Å². The van der Waals surface area contributed by atoms with E-state index in [4.69, 9.17) is 14.4 Å². The number of nitrogens with zero attached hydrogens (tertiary/aromatic N) is 3. The van der Waals surface area contributed by atoms with Crippen LogP contribution in [0.4, 0.5) is 0 Å². The summed E-state index contributed by atoms with van der Waals surface area (Å²) in [4.78, 5) is 10.5. The van der Waals surface area contributed by atoms with Gasteiger partial charge in [0.25, 0.3) is 0 Å². The first-order valence-corrected chi connectivity index (χ1v) is 19.2. The number of hydrogen-bond donors (Lipinski definition) is 0. The van der Waals surface area contributed by atoms with E-state index in [0.29, 0.717) is 5.82 Å². The molecule has 1 aliphatic carbocycles. The Kier molecular flexibility index (Phi) is 7.59. The Labute approximate surface area is 324 Å². The Hall–Kier alpha value is -7.30. The van der Waals surface area contributed by atoms with Crippen molar-refractivity contribution in [1.82, 2.24) is 14.5 Å². The van der Waals surface area contributed by atoms with Crippen LogP contribution in [0, 0.1) is 0 Å². The largest absolute Gasteiger partial charge is 0.460 e. The third-order valence-corrected chi connectivity index (χ3v) is 11.1. The molecule has 0 aliphatic heterocycles. The molecule has 0 saturated heterocycles. The highest BCUT2D eigenvalue weighted by Crippen LogP contribution is 2.43. The SMILES string of the molecule is C1=Cc2c(oc3ccc(-c4ccc5c(c4)c4cc(-c6ccccc6)cc(-c6ccccc6)c4n5-c4cc(-c5ccccc5)nc(-c5ccccc5)n4)cc23)CC1. The lowest BCUT2D eigenvalue weighted by Gasteiger charge is -2.15. The first kappa shape index (κ1) is 32.2. The molecule has 0 amide bonds. The molecule has 4 heteroatoms. The van der Waals surface area contributed by atoms with Crippen LogP contribution in [0.1, 0.15) is 17.7 Å². The van der Waals surface area contributed by atoms with Crippen LogP contribution in [0.5, 0.6) is 0 Å². The summed E-state index contributed by atoms with van der Waals surface area (Å²) in [6.07, 6.45) is 6.42. The van der Waals surface area contributed by atoms with Crippen LogP contribution in [0.15, 0.2) is 186 Å². The average Bonchev–Trinajstić information content (AvgIpc) is 3.82. The van der Waals surface area contributed by atoms with Crippen molar-refractivity contribution in [1.29, 1.82) is 0 Å². The molecule has 1 aliphatic rings. The molecule has 3 aromatic heterocycles. The number of aryl methyl sites for hydroxylation is 1. The Morgan fingerprint density at radius 1 is 0.482 bits per heavy atom. The van der Waals surface area contributed by atoms with Crippen LogP contribution in [0.2, 0.25) is 0 Å². The molecule has 0 atom stereocenters. The van der Waals surface area contributed by atoms with Crippen molar-refractivity contribution in [3.8, 4) is 61.8 Å². The molecule has 0 spiro atoms. The van der Waals surface area contributed by atoms with Crippen LogP contribution < -0.4 is 0 Å². The maximum atomic E-state index is 6.29. The van der Waals surface area contributed by atoms with Crippen LogP contribution in [-0.4, -0.2) is 14.5 Å². The Morgan fingerprint density at radius 3 is 1.84 bits per heavy atom. The molecule has 4 nitrogen and oxygen atoms in total. The molecule has 0 fully saturated rings. The molecule has 0 N–H and O–H groups in total. The summed E-state index contributed by atoms with van der Waals surface area (Å²) in [6.45, 7) is 0. The van der Waals surface area contributed by atoms with Gasteiger partial charge in [0.05, 0.1) is 16.7 Å². The summed E-state index contributed by atoms with van der Waals surface area (Å²) in [6, 6.07) is 62.4. The van der Waals surface area contributed by atoms with Crippen molar-refractivity contribution in [3.63, 3.8) is 0 Å². The quantitative estimate of drug-likeness (QED) is 0.172. The van der Waals surface area contributed by atoms with Gasteiger partial charge in [-0.25, -0.2) is 9.97 Å². The summed E-state index contributed by atoms with van der Waals surface area (Å²) >= 11 is 0. The zero-order valence-electron chi connectivity index (χ0n) is 30.6. The minimum Gasteiger partial charge on any atom is -0.460 e. The second-order valence-electron chi connectivity index (χ2n) is 14.5. The van der Waals surface area contributed by atoms with Gasteiger partial charge in [-0.05, 0) is 70.6 Å². The molecule has 0 bridgehead atoms. The highest BCUT2D eigenvalue weighted by Gasteiger charge is 2.22. The van der Waals surface area contributed by atoms with E-state index in [1.807, 2.05) is 24.3 Å². The van der Waals surface area contributed by atoms with Crippen LogP contribution in [0.3, 0.4) is 0 Å². The van der Waals surface area contributed by atoms with Gasteiger partial charge >= 0.3 is 0 Å². The maximum Gasteiger partial charge on any atom is 0.162 e. The number of rotatable bonds is 6. The van der Waals surface area contributed by atoms with Gasteiger partial charge in [-0.2, -0.15) is 0 Å². The molecular weight excluding hydrogens is 683 g/mol. The molecule has 0 unspecified atom stereocenters. The lowest BCUT2D eigenvalue weighted by Crippen LogP contribution is -2.03. The number of aromatic nitrogens is 3. The van der Waals surface area contributed by atoms with Crippen molar-refractivity contribution in [2.45, 2.75) is 12.8 Å². The number of hydrogen-bond acceptors (Lipinski definition) is 3. The van der Waals surface area contributed by atoms with Crippen molar-refractivity contribution in [2.24, 2.45) is 0 Å². The van der Waals surface area contributed by atoms with E-state index < -0.39 is 0 Å². The Bertz CT molecular complexity index is 3050. The monoisotopic (exact) mass is 717 g/mol. The predicted molar refractivity (Wildman–Crippen MR) is 231 cm³/mol. The molecule has 264 valence electrons. The fourth-order valence-corrected chi connectivity index (χ4v) is 8.35. The minimum absolute atomic E-state index is 0.682. The van der Waals surface area contributed by atoms with E-state index in [1.54, 1.807) is 0 Å². The van der Waals surface area contributed by atoms with Gasteiger partial charge in [0.1, 0.15) is 17.2 Å². The lowest BCUT2D eigenvalue weighted by molar-refractivity contribution is 0.546. The highest BCUT2D eigenvalue weighted by atomic mass is 16.3. The predicted octanol–water partition coefficient (Wildman–Crippen LogP) is 13.6. The zero-order chi connectivity index (χ0) is 37.0. The second-order valence-corrected chi connectivity index (χ2v) is 14.5. The fraction of sp³-hybridized carbons (Fsp3) is 0.0385. The van der Waals surface area contributed by atoms with Crippen molar-refractivity contribution in [2.75, 3.05) is 0 Å². The van der Waals surface area contributed by atoms with Gasteiger partial charge in [0.2, 0.25) is 0 Å². The molecule has 7 aromatic carbocycles. The number of benzene rings is 7. The van der Waals surface area contributed by atoms with Gasteiger partial charge in [-0.15, -0.1) is 0 Å². The summed E-state index contributed by atoms with van der Waals surface area (Å²) in [5, 5.41) is 3.48. The van der Waals surface area contributed by atoms with E-state index in [2.05, 4.69) is 168 Å². The lowest BCUT2D eigenvalue weighted by atomic mass is 9.94. The summed E-state index contributed by atoms with van der Waals surface area (Å²) in [5.41, 5.74) is 14.1. The van der Waals surface area contributed by atoms with E-state index in [-0.39, 0.29) is 0 Å². The maximum absolute atomic E-state index is 6.29. The molecule has 3 heterocycles. The topological polar surface area (TPSA) is 43.9 Å². The molecule has 56 heavy (non-hydrogen) atoms. The standard InChI is InChI=1S/C52H35N3O/c1-5-15-34(16-6-1)40-31-42(35-17-7-2-8-18-35)51-45(32-40)43-29-38(39-26-28-49-44(30-39)41-23-13-14-24-48(41)56-49)25-27-47(43)55(51)50-33-46(36-19-9-3-10-20-36)53-52(54-50)37-21-11-4-12-22-37/h1-13,15-23,25-33H,14,24H2. The number of furan rings is 1. The highest BCUT2D eigenvalue weighted by molar-refractivity contribution is 6.16. The van der Waals surface area contributed by atoms with Crippen LogP contribution in [-0.2, 0) is 6.42 Å². The first-order chi connectivity index (χ1) is 27.7. The second kappa shape index (κ2) is 13.2. The van der Waals surface area contributed by atoms with Gasteiger partial charge in [0.15, 0.2) is 5.82 Å². The van der Waals surface area contributed by atoms with Gasteiger partial charge < -0.3 is 4.42 Å². The van der Waals surface area contributed by atoms with Crippen LogP contribution in [0.25, 0.3) is 101 Å². The number of allylic oxidation sites excluding steroid dienone is 1. The molecule has 10 aromatic rings. The van der Waals surface area contributed by atoms with E-state index in [9.17, 15) is 0 Å².